The van der Waals surface area contributed by atoms with Gasteiger partial charge in [-0.15, -0.1) is 0 Å². The van der Waals surface area contributed by atoms with Crippen molar-refractivity contribution in [3.8, 4) is 0 Å². The number of amides is 2. The van der Waals surface area contributed by atoms with E-state index < -0.39 is 5.91 Å². The fourth-order valence-electron chi connectivity index (χ4n) is 1.88. The second kappa shape index (κ2) is 8.13. The smallest absolute Gasteiger partial charge is 0.257 e. The molecule has 0 bridgehead atoms. The standard InChI is InChI=1S/C17H17Cl2N3O2/c1-3-10(2)21-16(23)11-6-12(9-20-8-11)17(24)22-15-5-4-13(18)7-14(15)19/h4-10H,3H2,1-2H3,(H,21,23)(H,22,24). The molecule has 7 heteroatoms. The first kappa shape index (κ1) is 18.2. The van der Waals surface area contributed by atoms with Gasteiger partial charge in [0.15, 0.2) is 0 Å². The maximum Gasteiger partial charge on any atom is 0.257 e. The Bertz CT molecular complexity index is 765. The highest BCUT2D eigenvalue weighted by atomic mass is 35.5. The van der Waals surface area contributed by atoms with E-state index in [1.165, 1.54) is 24.5 Å². The van der Waals surface area contributed by atoms with E-state index in [0.29, 0.717) is 21.3 Å². The number of hydrogen-bond donors (Lipinski definition) is 2. The van der Waals surface area contributed by atoms with Gasteiger partial charge in [-0.2, -0.15) is 0 Å². The van der Waals surface area contributed by atoms with Crippen molar-refractivity contribution < 1.29 is 9.59 Å². The maximum absolute atomic E-state index is 12.3. The summed E-state index contributed by atoms with van der Waals surface area (Å²) in [4.78, 5) is 28.4. The van der Waals surface area contributed by atoms with Gasteiger partial charge >= 0.3 is 0 Å². The molecule has 0 saturated carbocycles. The largest absolute Gasteiger partial charge is 0.350 e. The van der Waals surface area contributed by atoms with Crippen molar-refractivity contribution in [1.29, 1.82) is 0 Å². The summed E-state index contributed by atoms with van der Waals surface area (Å²) >= 11 is 11.9. The first-order valence-electron chi connectivity index (χ1n) is 7.43. The Hall–Kier alpha value is -2.11. The van der Waals surface area contributed by atoms with E-state index in [0.717, 1.165) is 6.42 Å². The molecule has 2 aromatic rings. The molecule has 2 amide bonds. The number of benzene rings is 1. The molecule has 24 heavy (non-hydrogen) atoms. The molecule has 0 aliphatic carbocycles. The fourth-order valence-corrected chi connectivity index (χ4v) is 2.34. The van der Waals surface area contributed by atoms with Crippen LogP contribution in [0, 0.1) is 0 Å². The molecule has 1 unspecified atom stereocenters. The minimum absolute atomic E-state index is 0.0443. The van der Waals surface area contributed by atoms with E-state index in [-0.39, 0.29) is 17.5 Å². The molecule has 2 rings (SSSR count). The number of halogens is 2. The van der Waals surface area contributed by atoms with Crippen molar-refractivity contribution in [2.24, 2.45) is 0 Å². The van der Waals surface area contributed by atoms with E-state index in [1.807, 2.05) is 13.8 Å². The Morgan fingerprint density at radius 2 is 1.79 bits per heavy atom. The Morgan fingerprint density at radius 3 is 2.42 bits per heavy atom. The van der Waals surface area contributed by atoms with Crippen molar-refractivity contribution in [3.63, 3.8) is 0 Å². The van der Waals surface area contributed by atoms with Crippen LogP contribution in [0.5, 0.6) is 0 Å². The van der Waals surface area contributed by atoms with Gasteiger partial charge < -0.3 is 10.6 Å². The van der Waals surface area contributed by atoms with Crippen molar-refractivity contribution in [1.82, 2.24) is 10.3 Å². The summed E-state index contributed by atoms with van der Waals surface area (Å²) in [5.74, 6) is -0.680. The minimum atomic E-state index is -0.412. The van der Waals surface area contributed by atoms with Gasteiger partial charge in [-0.05, 0) is 37.6 Å². The molecule has 0 radical (unpaired) electrons. The molecule has 1 heterocycles. The van der Waals surface area contributed by atoms with E-state index >= 15 is 0 Å². The van der Waals surface area contributed by atoms with Crippen LogP contribution in [0.3, 0.4) is 0 Å². The van der Waals surface area contributed by atoms with Crippen LogP contribution < -0.4 is 10.6 Å². The van der Waals surface area contributed by atoms with E-state index in [4.69, 9.17) is 23.2 Å². The Balaban J connectivity index is 2.15. The number of anilines is 1. The molecule has 0 fully saturated rings. The molecule has 2 N–H and O–H groups in total. The number of nitrogens with zero attached hydrogens (tertiary/aromatic N) is 1. The van der Waals surface area contributed by atoms with Gasteiger partial charge in [0, 0.05) is 23.5 Å². The predicted octanol–water partition coefficient (Wildman–Crippen LogP) is 4.17. The van der Waals surface area contributed by atoms with E-state index in [9.17, 15) is 9.59 Å². The van der Waals surface area contributed by atoms with Gasteiger partial charge in [-0.1, -0.05) is 30.1 Å². The van der Waals surface area contributed by atoms with Gasteiger partial charge in [-0.3, -0.25) is 14.6 Å². The van der Waals surface area contributed by atoms with Crippen LogP contribution in [-0.4, -0.2) is 22.8 Å². The molecule has 0 saturated heterocycles. The SMILES string of the molecule is CCC(C)NC(=O)c1cncc(C(=O)Nc2ccc(Cl)cc2Cl)c1. The van der Waals surface area contributed by atoms with Crippen LogP contribution in [0.4, 0.5) is 5.69 Å². The van der Waals surface area contributed by atoms with E-state index in [2.05, 4.69) is 15.6 Å². The molecule has 1 atom stereocenters. The maximum atomic E-state index is 12.3. The summed E-state index contributed by atoms with van der Waals surface area (Å²) in [7, 11) is 0. The lowest BCUT2D eigenvalue weighted by Crippen LogP contribution is -2.32. The summed E-state index contributed by atoms with van der Waals surface area (Å²) in [5, 5.41) is 6.30. The van der Waals surface area contributed by atoms with Crippen molar-refractivity contribution in [2.75, 3.05) is 5.32 Å². The van der Waals surface area contributed by atoms with Crippen LogP contribution >= 0.6 is 23.2 Å². The third-order valence-electron chi connectivity index (χ3n) is 3.43. The number of pyridine rings is 1. The molecule has 0 aliphatic heterocycles. The highest BCUT2D eigenvalue weighted by molar-refractivity contribution is 6.36. The molecule has 126 valence electrons. The fraction of sp³-hybridized carbons (Fsp3) is 0.235. The predicted molar refractivity (Wildman–Crippen MR) is 95.9 cm³/mol. The second-order valence-corrected chi connectivity index (χ2v) is 6.17. The summed E-state index contributed by atoms with van der Waals surface area (Å²) < 4.78 is 0. The number of carbonyl (C=O) groups excluding carboxylic acids is 2. The second-order valence-electron chi connectivity index (χ2n) is 5.32. The zero-order valence-corrected chi connectivity index (χ0v) is 14.8. The summed E-state index contributed by atoms with van der Waals surface area (Å²) in [6.45, 7) is 3.88. The van der Waals surface area contributed by atoms with Crippen LogP contribution in [0.1, 0.15) is 41.0 Å². The topological polar surface area (TPSA) is 71.1 Å². The molecule has 1 aromatic carbocycles. The number of nitrogens with one attached hydrogen (secondary N) is 2. The molecule has 5 nitrogen and oxygen atoms in total. The third-order valence-corrected chi connectivity index (χ3v) is 3.98. The highest BCUT2D eigenvalue weighted by Crippen LogP contribution is 2.25. The Morgan fingerprint density at radius 1 is 1.12 bits per heavy atom. The summed E-state index contributed by atoms with van der Waals surface area (Å²) in [5.41, 5.74) is 1.02. The number of hydrogen-bond acceptors (Lipinski definition) is 3. The molecule has 0 aliphatic rings. The lowest BCUT2D eigenvalue weighted by atomic mass is 10.1. The van der Waals surface area contributed by atoms with Crippen LogP contribution in [-0.2, 0) is 0 Å². The Labute approximate surface area is 150 Å². The van der Waals surface area contributed by atoms with Crippen molar-refractivity contribution in [2.45, 2.75) is 26.3 Å². The highest BCUT2D eigenvalue weighted by Gasteiger charge is 2.14. The Kier molecular flexibility index (Phi) is 6.17. The minimum Gasteiger partial charge on any atom is -0.350 e. The zero-order valence-electron chi connectivity index (χ0n) is 13.3. The third kappa shape index (κ3) is 4.69. The number of aromatic nitrogens is 1. The van der Waals surface area contributed by atoms with Crippen molar-refractivity contribution >= 4 is 40.7 Å². The lowest BCUT2D eigenvalue weighted by Gasteiger charge is -2.12. The molecule has 1 aromatic heterocycles. The average Bonchev–Trinajstić information content (AvgIpc) is 2.57. The average molecular weight is 366 g/mol. The van der Waals surface area contributed by atoms with Gasteiger partial charge in [0.2, 0.25) is 0 Å². The first-order valence-corrected chi connectivity index (χ1v) is 8.18. The van der Waals surface area contributed by atoms with Gasteiger partial charge in [0.05, 0.1) is 21.8 Å². The first-order chi connectivity index (χ1) is 11.4. The summed E-state index contributed by atoms with van der Waals surface area (Å²) in [6.07, 6.45) is 3.62. The van der Waals surface area contributed by atoms with Gasteiger partial charge in [0.25, 0.3) is 11.8 Å². The van der Waals surface area contributed by atoms with E-state index in [1.54, 1.807) is 12.1 Å². The molecular weight excluding hydrogens is 349 g/mol. The molecule has 0 spiro atoms. The monoisotopic (exact) mass is 365 g/mol. The van der Waals surface area contributed by atoms with Crippen molar-refractivity contribution in [3.05, 3.63) is 57.8 Å². The van der Waals surface area contributed by atoms with Crippen LogP contribution in [0.2, 0.25) is 10.0 Å². The lowest BCUT2D eigenvalue weighted by molar-refractivity contribution is 0.0939. The number of carbonyl (C=O) groups is 2. The van der Waals surface area contributed by atoms with Crippen LogP contribution in [0.25, 0.3) is 0 Å². The molecular formula is C17H17Cl2N3O2. The van der Waals surface area contributed by atoms with Gasteiger partial charge in [-0.25, -0.2) is 0 Å². The number of rotatable bonds is 5. The van der Waals surface area contributed by atoms with Gasteiger partial charge in [0.1, 0.15) is 0 Å². The van der Waals surface area contributed by atoms with Crippen LogP contribution in [0.15, 0.2) is 36.7 Å². The summed E-state index contributed by atoms with van der Waals surface area (Å²) in [6, 6.07) is 6.30. The zero-order chi connectivity index (χ0) is 17.7. The quantitative estimate of drug-likeness (QED) is 0.834. The normalized spacial score (nSPS) is 11.7.